The van der Waals surface area contributed by atoms with E-state index in [-0.39, 0.29) is 6.42 Å². The minimum Gasteiger partial charge on any atom is -0.459 e. The van der Waals surface area contributed by atoms with Gasteiger partial charge >= 0.3 is 42.0 Å². The Labute approximate surface area is 138 Å². The van der Waals surface area contributed by atoms with Gasteiger partial charge in [0.15, 0.2) is 6.61 Å². The maximum atomic E-state index is 13.3. The molecule has 0 amide bonds. The van der Waals surface area contributed by atoms with Gasteiger partial charge in [0.1, 0.15) is 0 Å². The van der Waals surface area contributed by atoms with E-state index in [1.54, 1.807) is 0 Å². The zero-order valence-corrected chi connectivity index (χ0v) is 12.9. The number of hydrogen-bond acceptors (Lipinski definition) is 2. The second kappa shape index (κ2) is 7.33. The lowest BCUT2D eigenvalue weighted by atomic mass is 9.94. The van der Waals surface area contributed by atoms with Crippen LogP contribution >= 0.6 is 0 Å². The van der Waals surface area contributed by atoms with Crippen LogP contribution in [-0.4, -0.2) is 48.6 Å². The van der Waals surface area contributed by atoms with Gasteiger partial charge in [-0.05, 0) is 6.42 Å². The van der Waals surface area contributed by atoms with Gasteiger partial charge in [0.2, 0.25) is 0 Å². The van der Waals surface area contributed by atoms with E-state index in [9.17, 15) is 57.5 Å². The van der Waals surface area contributed by atoms with Crippen molar-refractivity contribution in [3.63, 3.8) is 0 Å². The fourth-order valence-electron chi connectivity index (χ4n) is 1.33. The summed E-state index contributed by atoms with van der Waals surface area (Å²) in [6.07, 6.45) is -5.62. The van der Waals surface area contributed by atoms with Gasteiger partial charge in [0.05, 0.1) is 5.92 Å². The SMILES string of the molecule is CCC(C)C(=O)OCC(F)(F)C(F)(F)C(F)(F)C(F)(F)C(F)(F)C(F)F. The first-order valence-corrected chi connectivity index (χ1v) is 6.65. The quantitative estimate of drug-likeness (QED) is 0.390. The average molecular weight is 416 g/mol. The Bertz CT molecular complexity index is 502. The van der Waals surface area contributed by atoms with Gasteiger partial charge in [-0.1, -0.05) is 13.8 Å². The Hall–Kier alpha value is -1.37. The van der Waals surface area contributed by atoms with Crippen molar-refractivity contribution in [2.45, 2.75) is 56.3 Å². The Kier molecular flexibility index (Phi) is 6.94. The van der Waals surface area contributed by atoms with Gasteiger partial charge in [-0.15, -0.1) is 0 Å². The van der Waals surface area contributed by atoms with Crippen LogP contribution in [0.4, 0.5) is 52.7 Å². The lowest BCUT2D eigenvalue weighted by molar-refractivity contribution is -0.414. The number of rotatable bonds is 9. The third kappa shape index (κ3) is 3.82. The van der Waals surface area contributed by atoms with Gasteiger partial charge in [0, 0.05) is 0 Å². The highest BCUT2D eigenvalue weighted by atomic mass is 19.4. The lowest BCUT2D eigenvalue weighted by Gasteiger charge is -2.38. The summed E-state index contributed by atoms with van der Waals surface area (Å²) >= 11 is 0. The van der Waals surface area contributed by atoms with Crippen LogP contribution in [0, 0.1) is 5.92 Å². The Balaban J connectivity index is 5.77. The molecule has 1 unspecified atom stereocenters. The molecular formula is C12H12F12O2. The summed E-state index contributed by atoms with van der Waals surface area (Å²) in [4.78, 5) is 11.1. The molecule has 0 spiro atoms. The number of esters is 1. The summed E-state index contributed by atoms with van der Waals surface area (Å²) in [5.41, 5.74) is 0. The number of carbonyl (C=O) groups is 1. The molecule has 0 radical (unpaired) electrons. The van der Waals surface area contributed by atoms with Crippen molar-refractivity contribution < 1.29 is 62.2 Å². The lowest BCUT2D eigenvalue weighted by Crippen LogP contribution is -2.69. The Morgan fingerprint density at radius 3 is 1.62 bits per heavy atom. The predicted octanol–water partition coefficient (Wildman–Crippen LogP) is 5.02. The van der Waals surface area contributed by atoms with Crippen molar-refractivity contribution in [3.05, 3.63) is 0 Å². The fourth-order valence-corrected chi connectivity index (χ4v) is 1.33. The van der Waals surface area contributed by atoms with Crippen LogP contribution in [0.2, 0.25) is 0 Å². The molecule has 0 bridgehead atoms. The molecular weight excluding hydrogens is 404 g/mol. The summed E-state index contributed by atoms with van der Waals surface area (Å²) < 4.78 is 158. The summed E-state index contributed by atoms with van der Waals surface area (Å²) in [6, 6.07) is 0. The van der Waals surface area contributed by atoms with Gasteiger partial charge < -0.3 is 4.74 Å². The molecule has 0 heterocycles. The normalized spacial score (nSPS) is 16.0. The van der Waals surface area contributed by atoms with E-state index in [1.165, 1.54) is 6.92 Å². The maximum Gasteiger partial charge on any atom is 0.384 e. The van der Waals surface area contributed by atoms with E-state index >= 15 is 0 Å². The fraction of sp³-hybridized carbons (Fsp3) is 0.917. The molecule has 0 aliphatic rings. The largest absolute Gasteiger partial charge is 0.459 e. The standard InChI is InChI=1S/C12H12F12O2/c1-3-5(2)6(25)26-4-8(15,16)10(19,20)12(23,24)11(21,22)9(17,18)7(13)14/h5,7H,3-4H2,1-2H3. The van der Waals surface area contributed by atoms with E-state index in [0.717, 1.165) is 6.92 Å². The van der Waals surface area contributed by atoms with E-state index in [1.807, 2.05) is 0 Å². The van der Waals surface area contributed by atoms with Crippen molar-refractivity contribution in [1.82, 2.24) is 0 Å². The van der Waals surface area contributed by atoms with Crippen molar-refractivity contribution in [2.24, 2.45) is 5.92 Å². The molecule has 0 rings (SSSR count). The monoisotopic (exact) mass is 416 g/mol. The molecule has 0 saturated carbocycles. The molecule has 0 aromatic heterocycles. The molecule has 0 aliphatic heterocycles. The number of ether oxygens (including phenoxy) is 1. The smallest absolute Gasteiger partial charge is 0.384 e. The number of halogens is 12. The molecule has 26 heavy (non-hydrogen) atoms. The Morgan fingerprint density at radius 2 is 1.27 bits per heavy atom. The molecule has 0 aromatic carbocycles. The molecule has 0 N–H and O–H groups in total. The van der Waals surface area contributed by atoms with Crippen LogP contribution in [0.3, 0.4) is 0 Å². The molecule has 0 aromatic rings. The third-order valence-electron chi connectivity index (χ3n) is 3.35. The van der Waals surface area contributed by atoms with Gasteiger partial charge in [-0.3, -0.25) is 4.79 Å². The minimum absolute atomic E-state index is 0.0599. The zero-order valence-electron chi connectivity index (χ0n) is 12.9. The summed E-state index contributed by atoms with van der Waals surface area (Å²) in [6.45, 7) is -0.487. The van der Waals surface area contributed by atoms with Crippen LogP contribution in [0.15, 0.2) is 0 Å². The van der Waals surface area contributed by atoms with E-state index in [2.05, 4.69) is 4.74 Å². The van der Waals surface area contributed by atoms with Crippen LogP contribution < -0.4 is 0 Å². The van der Waals surface area contributed by atoms with Crippen LogP contribution in [0.25, 0.3) is 0 Å². The highest BCUT2D eigenvalue weighted by Gasteiger charge is 2.87. The summed E-state index contributed by atoms with van der Waals surface area (Å²) in [5, 5.41) is 0. The predicted molar refractivity (Wildman–Crippen MR) is 61.2 cm³/mol. The molecule has 14 heteroatoms. The highest BCUT2D eigenvalue weighted by Crippen LogP contribution is 2.58. The first-order valence-electron chi connectivity index (χ1n) is 6.65. The average Bonchev–Trinajstić information content (AvgIpc) is 2.50. The van der Waals surface area contributed by atoms with E-state index < -0.39 is 54.5 Å². The number of carbonyl (C=O) groups excluding carboxylic acids is 1. The second-order valence-electron chi connectivity index (χ2n) is 5.27. The van der Waals surface area contributed by atoms with Crippen molar-refractivity contribution in [1.29, 1.82) is 0 Å². The van der Waals surface area contributed by atoms with Gasteiger partial charge in [-0.2, -0.15) is 43.9 Å². The first-order chi connectivity index (χ1) is 11.3. The molecule has 2 nitrogen and oxygen atoms in total. The van der Waals surface area contributed by atoms with Gasteiger partial charge in [-0.25, -0.2) is 8.78 Å². The van der Waals surface area contributed by atoms with Crippen molar-refractivity contribution in [2.75, 3.05) is 6.61 Å². The number of alkyl halides is 12. The van der Waals surface area contributed by atoms with Crippen LogP contribution in [0.5, 0.6) is 0 Å². The molecule has 0 fully saturated rings. The van der Waals surface area contributed by atoms with Crippen molar-refractivity contribution >= 4 is 5.97 Å². The Morgan fingerprint density at radius 1 is 0.846 bits per heavy atom. The first kappa shape index (κ1) is 24.6. The topological polar surface area (TPSA) is 26.3 Å². The molecule has 1 atom stereocenters. The van der Waals surface area contributed by atoms with E-state index in [0.29, 0.717) is 0 Å². The number of hydrogen-bond donors (Lipinski definition) is 0. The van der Waals surface area contributed by atoms with Crippen molar-refractivity contribution in [3.8, 4) is 0 Å². The molecule has 0 aliphatic carbocycles. The summed E-state index contributed by atoms with van der Waals surface area (Å²) in [7, 11) is 0. The molecule has 0 saturated heterocycles. The second-order valence-corrected chi connectivity index (χ2v) is 5.27. The third-order valence-corrected chi connectivity index (χ3v) is 3.35. The highest BCUT2D eigenvalue weighted by molar-refractivity contribution is 5.71. The van der Waals surface area contributed by atoms with Crippen LogP contribution in [0.1, 0.15) is 20.3 Å². The zero-order chi connectivity index (χ0) is 21.4. The minimum atomic E-state index is -7.62. The van der Waals surface area contributed by atoms with Gasteiger partial charge in [0.25, 0.3) is 0 Å². The van der Waals surface area contributed by atoms with Crippen LogP contribution in [-0.2, 0) is 9.53 Å². The summed E-state index contributed by atoms with van der Waals surface area (Å²) in [5.74, 6) is -38.5. The maximum absolute atomic E-state index is 13.3. The molecule has 156 valence electrons. The van der Waals surface area contributed by atoms with E-state index in [4.69, 9.17) is 0 Å².